The molecule has 1 heterocycles. The van der Waals surface area contributed by atoms with Crippen LogP contribution in [0.1, 0.15) is 18.8 Å². The Morgan fingerprint density at radius 2 is 2.17 bits per heavy atom. The van der Waals surface area contributed by atoms with E-state index in [1.165, 1.54) is 12.1 Å². The highest BCUT2D eigenvalue weighted by molar-refractivity contribution is 5.76. The summed E-state index contributed by atoms with van der Waals surface area (Å²) in [6, 6.07) is 4.85. The summed E-state index contributed by atoms with van der Waals surface area (Å²) in [6.07, 6.45) is 0. The lowest BCUT2D eigenvalue weighted by Crippen LogP contribution is -2.22. The van der Waals surface area contributed by atoms with Crippen LogP contribution >= 0.6 is 0 Å². The summed E-state index contributed by atoms with van der Waals surface area (Å²) in [4.78, 5) is 6.61. The minimum atomic E-state index is -0.260. The van der Waals surface area contributed by atoms with Crippen molar-refractivity contribution in [1.29, 1.82) is 0 Å². The molecule has 0 aliphatic heterocycles. The van der Waals surface area contributed by atoms with E-state index in [-0.39, 0.29) is 11.9 Å². The normalized spacial score (nSPS) is 13.4. The van der Waals surface area contributed by atoms with Crippen LogP contribution in [0.2, 0.25) is 0 Å². The molecule has 0 saturated heterocycles. The highest BCUT2D eigenvalue weighted by atomic mass is 19.1. The first kappa shape index (κ1) is 13.0. The molecule has 2 aromatic rings. The third-order valence-corrected chi connectivity index (χ3v) is 3.24. The fourth-order valence-electron chi connectivity index (χ4n) is 2.04. The maximum absolute atomic E-state index is 13.2. The van der Waals surface area contributed by atoms with E-state index < -0.39 is 0 Å². The number of benzene rings is 1. The zero-order valence-electron chi connectivity index (χ0n) is 11.0. The number of fused-ring (bicyclic) bond motifs is 1. The second kappa shape index (κ2) is 5.04. The molecule has 18 heavy (non-hydrogen) atoms. The zero-order valence-corrected chi connectivity index (χ0v) is 11.0. The largest absolute Gasteiger partial charge is 0.329 e. The van der Waals surface area contributed by atoms with Gasteiger partial charge in [-0.3, -0.25) is 4.90 Å². The zero-order chi connectivity index (χ0) is 13.3. The van der Waals surface area contributed by atoms with E-state index in [9.17, 15) is 4.39 Å². The highest BCUT2D eigenvalue weighted by Crippen LogP contribution is 2.23. The lowest BCUT2D eigenvalue weighted by Gasteiger charge is -2.20. The second-order valence-electron chi connectivity index (χ2n) is 4.68. The van der Waals surface area contributed by atoms with Gasteiger partial charge in [0.15, 0.2) is 0 Å². The van der Waals surface area contributed by atoms with Gasteiger partial charge in [0.2, 0.25) is 0 Å². The maximum Gasteiger partial charge on any atom is 0.127 e. The summed E-state index contributed by atoms with van der Waals surface area (Å²) in [5.41, 5.74) is 7.27. The van der Waals surface area contributed by atoms with E-state index in [1.54, 1.807) is 6.07 Å². The first-order valence-electron chi connectivity index (χ1n) is 6.06. The monoisotopic (exact) mass is 250 g/mol. The summed E-state index contributed by atoms with van der Waals surface area (Å²) in [7, 11) is 3.99. The number of nitrogens with two attached hydrogens (primary N) is 1. The second-order valence-corrected chi connectivity index (χ2v) is 4.68. The molecule has 5 heteroatoms. The van der Waals surface area contributed by atoms with E-state index in [0.717, 1.165) is 11.3 Å². The van der Waals surface area contributed by atoms with Crippen molar-refractivity contribution in [1.82, 2.24) is 14.5 Å². The molecule has 0 aliphatic rings. The molecular formula is C13H19FN4. The molecule has 4 nitrogen and oxygen atoms in total. The van der Waals surface area contributed by atoms with Crippen LogP contribution < -0.4 is 5.73 Å². The van der Waals surface area contributed by atoms with Gasteiger partial charge in [-0.25, -0.2) is 9.37 Å². The minimum Gasteiger partial charge on any atom is -0.329 e. The quantitative estimate of drug-likeness (QED) is 0.899. The summed E-state index contributed by atoms with van der Waals surface area (Å²) in [6.45, 7) is 3.30. The van der Waals surface area contributed by atoms with Crippen molar-refractivity contribution in [2.75, 3.05) is 20.6 Å². The van der Waals surface area contributed by atoms with Gasteiger partial charge in [-0.05, 0) is 33.2 Å². The Morgan fingerprint density at radius 1 is 1.44 bits per heavy atom. The number of nitrogens with zero attached hydrogens (tertiary/aromatic N) is 3. The maximum atomic E-state index is 13.2. The predicted octanol–water partition coefficient (Wildman–Crippen LogP) is 1.76. The number of halogens is 1. The molecule has 2 N–H and O–H groups in total. The number of rotatable bonds is 4. The van der Waals surface area contributed by atoms with Crippen LogP contribution in [0.4, 0.5) is 4.39 Å². The Labute approximate surface area is 106 Å². The van der Waals surface area contributed by atoms with Crippen molar-refractivity contribution in [3.63, 3.8) is 0 Å². The molecule has 0 fully saturated rings. The number of hydrogen-bond acceptors (Lipinski definition) is 3. The number of imidazole rings is 1. The van der Waals surface area contributed by atoms with Crippen LogP contribution in [0.3, 0.4) is 0 Å². The first-order valence-corrected chi connectivity index (χ1v) is 6.06. The smallest absolute Gasteiger partial charge is 0.127 e. The van der Waals surface area contributed by atoms with Gasteiger partial charge in [0.1, 0.15) is 11.6 Å². The van der Waals surface area contributed by atoms with E-state index in [1.807, 2.05) is 14.1 Å². The molecular weight excluding hydrogens is 231 g/mol. The molecule has 2 rings (SSSR count). The topological polar surface area (TPSA) is 47.1 Å². The summed E-state index contributed by atoms with van der Waals surface area (Å²) in [5.74, 6) is 0.662. The fraction of sp³-hybridized carbons (Fsp3) is 0.462. The van der Waals surface area contributed by atoms with E-state index in [0.29, 0.717) is 18.6 Å². The van der Waals surface area contributed by atoms with Crippen molar-refractivity contribution in [3.05, 3.63) is 29.8 Å². The Balaban J connectivity index is 2.60. The molecule has 1 aromatic carbocycles. The molecule has 98 valence electrons. The standard InChI is InChI=1S/C13H19FN4/c1-9(17(2)3)13-16-11-8-10(14)4-5-12(11)18(13)7-6-15/h4-5,8-9H,6-7,15H2,1-3H3. The Hall–Kier alpha value is -1.46. The third kappa shape index (κ3) is 2.23. The number of aromatic nitrogens is 2. The number of hydrogen-bond donors (Lipinski definition) is 1. The molecule has 0 amide bonds. The van der Waals surface area contributed by atoms with E-state index >= 15 is 0 Å². The van der Waals surface area contributed by atoms with Gasteiger partial charge in [0.05, 0.1) is 17.1 Å². The molecule has 0 radical (unpaired) electrons. The van der Waals surface area contributed by atoms with E-state index in [2.05, 4.69) is 21.4 Å². The molecule has 0 spiro atoms. The molecule has 1 atom stereocenters. The van der Waals surface area contributed by atoms with Crippen LogP contribution in [-0.2, 0) is 6.54 Å². The van der Waals surface area contributed by atoms with Crippen LogP contribution in [0.5, 0.6) is 0 Å². The van der Waals surface area contributed by atoms with Gasteiger partial charge >= 0.3 is 0 Å². The molecule has 1 aromatic heterocycles. The van der Waals surface area contributed by atoms with Crippen molar-refractivity contribution in [2.45, 2.75) is 19.5 Å². The van der Waals surface area contributed by atoms with Crippen molar-refractivity contribution < 1.29 is 4.39 Å². The van der Waals surface area contributed by atoms with Gasteiger partial charge in [-0.2, -0.15) is 0 Å². The van der Waals surface area contributed by atoms with Gasteiger partial charge in [0, 0.05) is 19.2 Å². The average Bonchev–Trinajstić information content (AvgIpc) is 2.66. The van der Waals surface area contributed by atoms with Crippen molar-refractivity contribution >= 4 is 11.0 Å². The lowest BCUT2D eigenvalue weighted by atomic mass is 10.3. The third-order valence-electron chi connectivity index (χ3n) is 3.24. The van der Waals surface area contributed by atoms with Gasteiger partial charge < -0.3 is 10.3 Å². The first-order chi connectivity index (χ1) is 8.54. The Bertz CT molecular complexity index is 547. The summed E-state index contributed by atoms with van der Waals surface area (Å²) in [5, 5.41) is 0. The van der Waals surface area contributed by atoms with Gasteiger partial charge in [-0.15, -0.1) is 0 Å². The molecule has 1 unspecified atom stereocenters. The lowest BCUT2D eigenvalue weighted by molar-refractivity contribution is 0.302. The Morgan fingerprint density at radius 3 is 2.78 bits per heavy atom. The summed E-state index contributed by atoms with van der Waals surface area (Å²) < 4.78 is 15.3. The van der Waals surface area contributed by atoms with Crippen molar-refractivity contribution in [3.8, 4) is 0 Å². The average molecular weight is 250 g/mol. The Kier molecular flexibility index (Phi) is 3.63. The minimum absolute atomic E-state index is 0.159. The van der Waals surface area contributed by atoms with Crippen LogP contribution in [0.25, 0.3) is 11.0 Å². The van der Waals surface area contributed by atoms with Crippen LogP contribution in [0.15, 0.2) is 18.2 Å². The molecule has 0 bridgehead atoms. The van der Waals surface area contributed by atoms with Gasteiger partial charge in [-0.1, -0.05) is 0 Å². The van der Waals surface area contributed by atoms with E-state index in [4.69, 9.17) is 5.73 Å². The van der Waals surface area contributed by atoms with Gasteiger partial charge in [0.25, 0.3) is 0 Å². The van der Waals surface area contributed by atoms with Crippen LogP contribution in [0, 0.1) is 5.82 Å². The fourth-order valence-corrected chi connectivity index (χ4v) is 2.04. The predicted molar refractivity (Wildman–Crippen MR) is 70.8 cm³/mol. The highest BCUT2D eigenvalue weighted by Gasteiger charge is 2.17. The molecule has 0 saturated carbocycles. The van der Waals surface area contributed by atoms with Crippen LogP contribution in [-0.4, -0.2) is 35.1 Å². The summed E-state index contributed by atoms with van der Waals surface area (Å²) >= 11 is 0. The molecule has 0 aliphatic carbocycles. The van der Waals surface area contributed by atoms with Crippen molar-refractivity contribution in [2.24, 2.45) is 5.73 Å². The SMILES string of the molecule is CC(c1nc2cc(F)ccc2n1CCN)N(C)C.